The Morgan fingerprint density at radius 2 is 2.11 bits per heavy atom. The van der Waals surface area contributed by atoms with Crippen molar-refractivity contribution in [3.63, 3.8) is 0 Å². The third-order valence-corrected chi connectivity index (χ3v) is 3.45. The van der Waals surface area contributed by atoms with E-state index in [-0.39, 0.29) is 11.7 Å². The highest BCUT2D eigenvalue weighted by Crippen LogP contribution is 2.25. The van der Waals surface area contributed by atoms with Gasteiger partial charge in [-0.15, -0.1) is 22.9 Å². The van der Waals surface area contributed by atoms with Crippen LogP contribution in [0.2, 0.25) is 0 Å². The zero-order valence-corrected chi connectivity index (χ0v) is 11.6. The highest BCUT2D eigenvalue weighted by atomic mass is 35.5. The number of carbonyl (C=O) groups is 1. The lowest BCUT2D eigenvalue weighted by Crippen LogP contribution is -2.10. The molecule has 2 rings (SSSR count). The molecular weight excluding hydrogens is 287 g/mol. The van der Waals surface area contributed by atoms with Crippen molar-refractivity contribution >= 4 is 34.0 Å². The van der Waals surface area contributed by atoms with Crippen molar-refractivity contribution < 1.29 is 9.18 Å². The zero-order valence-electron chi connectivity index (χ0n) is 10.0. The average molecular weight is 299 g/mol. The molecule has 0 atom stereocenters. The number of thiazole rings is 1. The minimum Gasteiger partial charge on any atom is -0.302 e. The number of hydrogen-bond donors (Lipinski definition) is 1. The van der Waals surface area contributed by atoms with Crippen LogP contribution in [0.15, 0.2) is 29.6 Å². The molecule has 1 aromatic carbocycles. The van der Waals surface area contributed by atoms with E-state index in [2.05, 4.69) is 10.3 Å². The third kappa shape index (κ3) is 4.01. The molecule has 19 heavy (non-hydrogen) atoms. The van der Waals surface area contributed by atoms with Gasteiger partial charge in [0.2, 0.25) is 5.91 Å². The maximum atomic E-state index is 12.8. The number of carbonyl (C=O) groups excluding carboxylic acids is 1. The molecule has 1 heterocycles. The number of nitrogens with zero attached hydrogens (tertiary/aromatic N) is 1. The van der Waals surface area contributed by atoms with Gasteiger partial charge in [-0.2, -0.15) is 0 Å². The maximum Gasteiger partial charge on any atom is 0.226 e. The van der Waals surface area contributed by atoms with Crippen molar-refractivity contribution in [2.24, 2.45) is 0 Å². The number of halogens is 2. The van der Waals surface area contributed by atoms with E-state index in [1.165, 1.54) is 23.5 Å². The highest BCUT2D eigenvalue weighted by Gasteiger charge is 2.07. The van der Waals surface area contributed by atoms with E-state index >= 15 is 0 Å². The monoisotopic (exact) mass is 298 g/mol. The van der Waals surface area contributed by atoms with Crippen LogP contribution in [0.3, 0.4) is 0 Å². The molecule has 0 radical (unpaired) electrons. The lowest BCUT2D eigenvalue weighted by Gasteiger charge is -1.99. The van der Waals surface area contributed by atoms with Gasteiger partial charge in [0.05, 0.1) is 5.69 Å². The molecule has 3 nitrogen and oxygen atoms in total. The molecule has 0 saturated heterocycles. The topological polar surface area (TPSA) is 42.0 Å². The Bertz CT molecular complexity index is 556. The van der Waals surface area contributed by atoms with Gasteiger partial charge in [0.15, 0.2) is 5.13 Å². The fourth-order valence-electron chi connectivity index (χ4n) is 1.49. The predicted octanol–water partition coefficient (Wildman–Crippen LogP) is 3.91. The molecule has 0 aliphatic carbocycles. The van der Waals surface area contributed by atoms with Crippen LogP contribution in [0.1, 0.15) is 12.8 Å². The second kappa shape index (κ2) is 6.63. The smallest absolute Gasteiger partial charge is 0.226 e. The minimum absolute atomic E-state index is 0.0966. The Balaban J connectivity index is 2.02. The number of benzene rings is 1. The Morgan fingerprint density at radius 1 is 1.37 bits per heavy atom. The predicted molar refractivity (Wildman–Crippen MR) is 76.1 cm³/mol. The highest BCUT2D eigenvalue weighted by molar-refractivity contribution is 7.14. The minimum atomic E-state index is -0.284. The van der Waals surface area contributed by atoms with E-state index in [1.54, 1.807) is 12.1 Å². The van der Waals surface area contributed by atoms with Crippen LogP contribution in [-0.2, 0) is 4.79 Å². The molecule has 1 aromatic heterocycles. The zero-order chi connectivity index (χ0) is 13.7. The third-order valence-electron chi connectivity index (χ3n) is 2.43. The summed E-state index contributed by atoms with van der Waals surface area (Å²) in [4.78, 5) is 15.8. The van der Waals surface area contributed by atoms with E-state index in [0.29, 0.717) is 23.9 Å². The van der Waals surface area contributed by atoms with E-state index < -0.39 is 0 Å². The number of rotatable bonds is 5. The molecule has 100 valence electrons. The first-order valence-corrected chi connectivity index (χ1v) is 7.18. The van der Waals surface area contributed by atoms with E-state index in [9.17, 15) is 9.18 Å². The van der Waals surface area contributed by atoms with Gasteiger partial charge >= 0.3 is 0 Å². The van der Waals surface area contributed by atoms with Gasteiger partial charge in [-0.3, -0.25) is 4.79 Å². The van der Waals surface area contributed by atoms with Crippen LogP contribution in [0.5, 0.6) is 0 Å². The number of anilines is 1. The molecule has 0 aliphatic rings. The maximum absolute atomic E-state index is 12.8. The lowest BCUT2D eigenvalue weighted by molar-refractivity contribution is -0.116. The molecule has 1 N–H and O–H groups in total. The summed E-state index contributed by atoms with van der Waals surface area (Å²) in [6.45, 7) is 0. The van der Waals surface area contributed by atoms with E-state index in [4.69, 9.17) is 11.6 Å². The Kier molecular flexibility index (Phi) is 4.87. The molecule has 0 fully saturated rings. The van der Waals surface area contributed by atoms with Gasteiger partial charge in [-0.1, -0.05) is 0 Å². The van der Waals surface area contributed by atoms with Crippen LogP contribution in [0.25, 0.3) is 11.3 Å². The fourth-order valence-corrected chi connectivity index (χ4v) is 2.36. The molecular formula is C13H12ClFN2OS. The normalized spacial score (nSPS) is 10.4. The summed E-state index contributed by atoms with van der Waals surface area (Å²) in [5, 5.41) is 5.08. The first kappa shape index (κ1) is 14.0. The summed E-state index contributed by atoms with van der Waals surface area (Å²) in [7, 11) is 0. The first-order chi connectivity index (χ1) is 9.19. The summed E-state index contributed by atoms with van der Waals surface area (Å²) in [5.41, 5.74) is 1.54. The molecule has 0 saturated carbocycles. The number of alkyl halides is 1. The van der Waals surface area contributed by atoms with Gasteiger partial charge in [0.1, 0.15) is 5.82 Å². The van der Waals surface area contributed by atoms with Crippen molar-refractivity contribution in [1.29, 1.82) is 0 Å². The van der Waals surface area contributed by atoms with Crippen molar-refractivity contribution in [2.75, 3.05) is 11.2 Å². The Hall–Kier alpha value is -1.46. The van der Waals surface area contributed by atoms with Crippen LogP contribution < -0.4 is 5.32 Å². The second-order valence-corrected chi connectivity index (χ2v) is 5.12. The summed E-state index contributed by atoms with van der Waals surface area (Å²) in [6, 6.07) is 6.08. The van der Waals surface area contributed by atoms with Gasteiger partial charge in [-0.25, -0.2) is 9.37 Å². The Morgan fingerprint density at radius 3 is 2.79 bits per heavy atom. The Labute approximate surface area is 119 Å². The van der Waals surface area contributed by atoms with Gasteiger partial charge in [0.25, 0.3) is 0 Å². The molecule has 0 spiro atoms. The quantitative estimate of drug-likeness (QED) is 0.851. The van der Waals surface area contributed by atoms with Gasteiger partial charge in [-0.05, 0) is 30.7 Å². The number of amides is 1. The molecule has 0 unspecified atom stereocenters. The number of hydrogen-bond acceptors (Lipinski definition) is 3. The summed E-state index contributed by atoms with van der Waals surface area (Å²) < 4.78 is 12.8. The van der Waals surface area contributed by atoms with E-state index in [0.717, 1.165) is 11.3 Å². The average Bonchev–Trinajstić information content (AvgIpc) is 2.85. The molecule has 2 aromatic rings. The van der Waals surface area contributed by atoms with Gasteiger partial charge in [0, 0.05) is 23.2 Å². The van der Waals surface area contributed by atoms with Crippen molar-refractivity contribution in [3.8, 4) is 11.3 Å². The lowest BCUT2D eigenvalue weighted by atomic mass is 10.2. The van der Waals surface area contributed by atoms with Crippen molar-refractivity contribution in [1.82, 2.24) is 4.98 Å². The van der Waals surface area contributed by atoms with Gasteiger partial charge < -0.3 is 5.32 Å². The fraction of sp³-hybridized carbons (Fsp3) is 0.231. The summed E-state index contributed by atoms with van der Waals surface area (Å²) >= 11 is 6.86. The largest absolute Gasteiger partial charge is 0.302 e. The van der Waals surface area contributed by atoms with E-state index in [1.807, 2.05) is 5.38 Å². The second-order valence-electron chi connectivity index (χ2n) is 3.89. The molecule has 0 bridgehead atoms. The SMILES string of the molecule is O=C(CCCCl)Nc1nc(-c2ccc(F)cc2)cs1. The molecule has 6 heteroatoms. The van der Waals surface area contributed by atoms with Crippen LogP contribution in [0.4, 0.5) is 9.52 Å². The van der Waals surface area contributed by atoms with Crippen LogP contribution in [0, 0.1) is 5.82 Å². The molecule has 0 aliphatic heterocycles. The number of nitrogens with one attached hydrogen (secondary N) is 1. The number of aromatic nitrogens is 1. The van der Waals surface area contributed by atoms with Crippen LogP contribution in [-0.4, -0.2) is 16.8 Å². The van der Waals surface area contributed by atoms with Crippen molar-refractivity contribution in [3.05, 3.63) is 35.5 Å². The molecule has 1 amide bonds. The first-order valence-electron chi connectivity index (χ1n) is 5.76. The summed E-state index contributed by atoms with van der Waals surface area (Å²) in [5.74, 6) is 0.0841. The standard InChI is InChI=1S/C13H12ClFN2OS/c14-7-1-2-12(18)17-13-16-11(8-19-13)9-3-5-10(15)6-4-9/h3-6,8H,1-2,7H2,(H,16,17,18). The summed E-state index contributed by atoms with van der Waals surface area (Å²) in [6.07, 6.45) is 1.03. The van der Waals surface area contributed by atoms with Crippen LogP contribution >= 0.6 is 22.9 Å². The van der Waals surface area contributed by atoms with Crippen molar-refractivity contribution in [2.45, 2.75) is 12.8 Å².